The van der Waals surface area contributed by atoms with Gasteiger partial charge in [-0.3, -0.25) is 15.1 Å². The molecule has 0 N–H and O–H groups in total. The van der Waals surface area contributed by atoms with Crippen molar-refractivity contribution in [2.45, 2.75) is 6.92 Å². The first-order chi connectivity index (χ1) is 8.58. The number of pyridine rings is 1. The number of nitro benzene ring substituents is 1. The number of aryl methyl sites for hydroxylation is 1. The third-order valence-electron chi connectivity index (χ3n) is 2.32. The fourth-order valence-corrected chi connectivity index (χ4v) is 1.76. The molecule has 18 heavy (non-hydrogen) atoms. The lowest BCUT2D eigenvalue weighted by Gasteiger charge is -2.09. The van der Waals surface area contributed by atoms with Crippen molar-refractivity contribution >= 4 is 21.6 Å². The molecule has 2 rings (SSSR count). The highest BCUT2D eigenvalue weighted by molar-refractivity contribution is 9.10. The molecule has 0 radical (unpaired) electrons. The number of ether oxygens (including phenoxy) is 1. The van der Waals surface area contributed by atoms with Gasteiger partial charge in [0.05, 0.1) is 9.40 Å². The van der Waals surface area contributed by atoms with Crippen molar-refractivity contribution in [3.8, 4) is 11.5 Å². The van der Waals surface area contributed by atoms with Gasteiger partial charge in [-0.25, -0.2) is 0 Å². The Bertz CT molecular complexity index is 602. The van der Waals surface area contributed by atoms with Gasteiger partial charge in [-0.15, -0.1) is 0 Å². The van der Waals surface area contributed by atoms with Crippen LogP contribution in [0, 0.1) is 17.0 Å². The van der Waals surface area contributed by atoms with Crippen LogP contribution in [0.25, 0.3) is 0 Å². The molecule has 2 aromatic rings. The summed E-state index contributed by atoms with van der Waals surface area (Å²) in [5, 5.41) is 10.6. The van der Waals surface area contributed by atoms with Crippen LogP contribution in [0.1, 0.15) is 5.56 Å². The van der Waals surface area contributed by atoms with Crippen LogP contribution in [0.2, 0.25) is 0 Å². The van der Waals surface area contributed by atoms with E-state index in [9.17, 15) is 10.1 Å². The molecule has 0 saturated carbocycles. The average molecular weight is 309 g/mol. The lowest BCUT2D eigenvalue weighted by Crippen LogP contribution is -1.92. The summed E-state index contributed by atoms with van der Waals surface area (Å²) >= 11 is 3.32. The van der Waals surface area contributed by atoms with Gasteiger partial charge in [0, 0.05) is 30.6 Å². The van der Waals surface area contributed by atoms with E-state index >= 15 is 0 Å². The molecule has 0 aliphatic rings. The number of benzene rings is 1. The van der Waals surface area contributed by atoms with E-state index in [1.54, 1.807) is 31.5 Å². The summed E-state index contributed by atoms with van der Waals surface area (Å²) in [6.07, 6.45) is 3.23. The Hall–Kier alpha value is -1.95. The Morgan fingerprint density at radius 2 is 2.11 bits per heavy atom. The van der Waals surface area contributed by atoms with Gasteiger partial charge < -0.3 is 4.74 Å². The summed E-state index contributed by atoms with van der Waals surface area (Å²) in [4.78, 5) is 14.1. The average Bonchev–Trinajstić information content (AvgIpc) is 2.34. The maximum absolute atomic E-state index is 10.6. The van der Waals surface area contributed by atoms with Crippen molar-refractivity contribution in [3.05, 3.63) is 56.8 Å². The molecule has 0 unspecified atom stereocenters. The van der Waals surface area contributed by atoms with Crippen LogP contribution < -0.4 is 4.74 Å². The molecule has 92 valence electrons. The van der Waals surface area contributed by atoms with Crippen molar-refractivity contribution < 1.29 is 9.66 Å². The maximum Gasteiger partial charge on any atom is 0.269 e. The van der Waals surface area contributed by atoms with Crippen molar-refractivity contribution in [1.82, 2.24) is 4.98 Å². The van der Waals surface area contributed by atoms with Crippen molar-refractivity contribution in [1.29, 1.82) is 0 Å². The van der Waals surface area contributed by atoms with Crippen LogP contribution in [0.5, 0.6) is 11.5 Å². The van der Waals surface area contributed by atoms with Gasteiger partial charge in [-0.05, 0) is 34.5 Å². The number of hydrogen-bond acceptors (Lipinski definition) is 4. The van der Waals surface area contributed by atoms with Gasteiger partial charge in [-0.1, -0.05) is 0 Å². The standard InChI is InChI=1S/C12H9BrN2O3/c1-8-6-9(15(16)17)2-3-11(8)18-12-4-5-14-7-10(12)13/h2-7H,1H3. The lowest BCUT2D eigenvalue weighted by molar-refractivity contribution is -0.384. The smallest absolute Gasteiger partial charge is 0.269 e. The SMILES string of the molecule is Cc1cc([N+](=O)[O-])ccc1Oc1ccncc1Br. The third-order valence-corrected chi connectivity index (χ3v) is 2.92. The van der Waals surface area contributed by atoms with Gasteiger partial charge in [0.15, 0.2) is 0 Å². The minimum Gasteiger partial charge on any atom is -0.456 e. The second kappa shape index (κ2) is 5.14. The van der Waals surface area contributed by atoms with E-state index < -0.39 is 4.92 Å². The molecule has 1 aromatic carbocycles. The summed E-state index contributed by atoms with van der Waals surface area (Å²) in [5.74, 6) is 1.19. The fraction of sp³-hybridized carbons (Fsp3) is 0.0833. The van der Waals surface area contributed by atoms with E-state index in [1.165, 1.54) is 12.1 Å². The second-order valence-electron chi connectivity index (χ2n) is 3.62. The fourth-order valence-electron chi connectivity index (χ4n) is 1.43. The molecule has 0 amide bonds. The molecule has 0 aliphatic carbocycles. The topological polar surface area (TPSA) is 65.3 Å². The number of nitro groups is 1. The molecular formula is C12H9BrN2O3. The predicted molar refractivity (Wildman–Crippen MR) is 69.8 cm³/mol. The minimum absolute atomic E-state index is 0.0497. The molecule has 1 heterocycles. The van der Waals surface area contributed by atoms with E-state index in [0.717, 1.165) is 4.47 Å². The quantitative estimate of drug-likeness (QED) is 0.638. The van der Waals surface area contributed by atoms with E-state index in [-0.39, 0.29) is 5.69 Å². The van der Waals surface area contributed by atoms with Gasteiger partial charge in [-0.2, -0.15) is 0 Å². The molecule has 0 aliphatic heterocycles. The van der Waals surface area contributed by atoms with Gasteiger partial charge in [0.2, 0.25) is 0 Å². The summed E-state index contributed by atoms with van der Waals surface area (Å²) < 4.78 is 6.39. The van der Waals surface area contributed by atoms with Crippen LogP contribution in [-0.2, 0) is 0 Å². The van der Waals surface area contributed by atoms with E-state index in [1.807, 2.05) is 0 Å². The minimum atomic E-state index is -0.431. The number of rotatable bonds is 3. The summed E-state index contributed by atoms with van der Waals surface area (Å²) in [5.41, 5.74) is 0.751. The molecule has 5 nitrogen and oxygen atoms in total. The van der Waals surface area contributed by atoms with Gasteiger partial charge >= 0.3 is 0 Å². The zero-order valence-corrected chi connectivity index (χ0v) is 11.0. The molecule has 0 fully saturated rings. The number of hydrogen-bond donors (Lipinski definition) is 0. The maximum atomic E-state index is 10.6. The van der Waals surface area contributed by atoms with Gasteiger partial charge in [0.1, 0.15) is 11.5 Å². The lowest BCUT2D eigenvalue weighted by atomic mass is 10.2. The summed E-state index contributed by atoms with van der Waals surface area (Å²) in [7, 11) is 0. The Labute approximate surface area is 112 Å². The van der Waals surface area contributed by atoms with Crippen LogP contribution in [0.15, 0.2) is 41.1 Å². The molecule has 1 aromatic heterocycles. The summed E-state index contributed by atoms with van der Waals surface area (Å²) in [6, 6.07) is 6.19. The molecule has 0 saturated heterocycles. The first-order valence-electron chi connectivity index (χ1n) is 5.10. The van der Waals surface area contributed by atoms with E-state index in [2.05, 4.69) is 20.9 Å². The Morgan fingerprint density at radius 3 is 2.72 bits per heavy atom. The monoisotopic (exact) mass is 308 g/mol. The van der Waals surface area contributed by atoms with Crippen molar-refractivity contribution in [2.75, 3.05) is 0 Å². The predicted octanol–water partition coefficient (Wildman–Crippen LogP) is 3.85. The highest BCUT2D eigenvalue weighted by Gasteiger charge is 2.10. The second-order valence-corrected chi connectivity index (χ2v) is 4.47. The number of non-ortho nitro benzene ring substituents is 1. The Morgan fingerprint density at radius 1 is 1.33 bits per heavy atom. The highest BCUT2D eigenvalue weighted by atomic mass is 79.9. The van der Waals surface area contributed by atoms with Crippen LogP contribution in [0.4, 0.5) is 5.69 Å². The summed E-state index contributed by atoms with van der Waals surface area (Å²) in [6.45, 7) is 1.76. The largest absolute Gasteiger partial charge is 0.456 e. The third kappa shape index (κ3) is 2.65. The van der Waals surface area contributed by atoms with Gasteiger partial charge in [0.25, 0.3) is 5.69 Å². The molecule has 0 atom stereocenters. The number of halogens is 1. The van der Waals surface area contributed by atoms with Crippen molar-refractivity contribution in [2.24, 2.45) is 0 Å². The molecule has 6 heteroatoms. The molecule has 0 bridgehead atoms. The van der Waals surface area contributed by atoms with Crippen LogP contribution in [0.3, 0.4) is 0 Å². The zero-order valence-electron chi connectivity index (χ0n) is 9.46. The normalized spacial score (nSPS) is 10.1. The first kappa shape index (κ1) is 12.5. The highest BCUT2D eigenvalue weighted by Crippen LogP contribution is 2.31. The zero-order chi connectivity index (χ0) is 13.1. The van der Waals surface area contributed by atoms with E-state index in [0.29, 0.717) is 17.1 Å². The number of nitrogens with zero attached hydrogens (tertiary/aromatic N) is 2. The molecular weight excluding hydrogens is 300 g/mol. The van der Waals surface area contributed by atoms with Crippen LogP contribution in [-0.4, -0.2) is 9.91 Å². The Kier molecular flexibility index (Phi) is 3.57. The Balaban J connectivity index is 2.30. The van der Waals surface area contributed by atoms with Crippen molar-refractivity contribution in [3.63, 3.8) is 0 Å². The number of aromatic nitrogens is 1. The molecule has 0 spiro atoms. The first-order valence-corrected chi connectivity index (χ1v) is 5.89. The van der Waals surface area contributed by atoms with Crippen LogP contribution >= 0.6 is 15.9 Å². The van der Waals surface area contributed by atoms with E-state index in [4.69, 9.17) is 4.74 Å².